The van der Waals surface area contributed by atoms with Crippen LogP contribution < -0.4 is 25.0 Å². The van der Waals surface area contributed by atoms with Crippen LogP contribution in [0.5, 0.6) is 17.2 Å². The van der Waals surface area contributed by atoms with Crippen molar-refractivity contribution in [3.63, 3.8) is 0 Å². The maximum atomic E-state index is 13.0. The van der Waals surface area contributed by atoms with Crippen molar-refractivity contribution in [1.29, 1.82) is 0 Å². The number of ether oxygens (including phenoxy) is 2. The van der Waals surface area contributed by atoms with Gasteiger partial charge in [0, 0.05) is 18.4 Å². The van der Waals surface area contributed by atoms with Crippen molar-refractivity contribution >= 4 is 29.0 Å². The number of hydrogen-bond acceptors (Lipinski definition) is 4. The molecule has 0 radical (unpaired) electrons. The van der Waals surface area contributed by atoms with E-state index in [0.717, 1.165) is 5.56 Å². The number of carbonyl (C=O) groups excluding carboxylic acids is 2. The summed E-state index contributed by atoms with van der Waals surface area (Å²) in [4.78, 5) is 26.9. The van der Waals surface area contributed by atoms with Gasteiger partial charge < -0.3 is 25.0 Å². The number of nitrogens with zero attached hydrogens (tertiary/aromatic N) is 1. The average Bonchev–Trinajstić information content (AvgIpc) is 2.84. The molecule has 2 N–H and O–H groups in total. The summed E-state index contributed by atoms with van der Waals surface area (Å²) in [6, 6.07) is 17.2. The largest absolute Gasteiger partial charge is 0.497 e. The van der Waals surface area contributed by atoms with Crippen LogP contribution in [0.3, 0.4) is 0 Å². The molecule has 1 heterocycles. The smallest absolute Gasteiger partial charge is 0.323 e. The first-order valence-electron chi connectivity index (χ1n) is 9.37. The van der Waals surface area contributed by atoms with Gasteiger partial charge in [0.25, 0.3) is 5.91 Å². The quantitative estimate of drug-likeness (QED) is 0.643. The third-order valence-electron chi connectivity index (χ3n) is 4.82. The number of rotatable bonds is 3. The minimum absolute atomic E-state index is 0.214. The van der Waals surface area contributed by atoms with Gasteiger partial charge in [-0.25, -0.2) is 4.79 Å². The monoisotopic (exact) mass is 403 g/mol. The highest BCUT2D eigenvalue weighted by atomic mass is 16.5. The Morgan fingerprint density at radius 3 is 2.33 bits per heavy atom. The van der Waals surface area contributed by atoms with Gasteiger partial charge in [-0.3, -0.25) is 4.79 Å². The molecule has 4 rings (SSSR count). The summed E-state index contributed by atoms with van der Waals surface area (Å²) in [5.41, 5.74) is 3.19. The van der Waals surface area contributed by atoms with E-state index in [0.29, 0.717) is 39.9 Å². The highest BCUT2D eigenvalue weighted by Gasteiger charge is 2.26. The van der Waals surface area contributed by atoms with Crippen molar-refractivity contribution in [2.45, 2.75) is 6.92 Å². The van der Waals surface area contributed by atoms with Crippen LogP contribution in [0, 0.1) is 6.92 Å². The van der Waals surface area contributed by atoms with Crippen molar-refractivity contribution < 1.29 is 19.1 Å². The van der Waals surface area contributed by atoms with E-state index in [4.69, 9.17) is 9.47 Å². The van der Waals surface area contributed by atoms with Crippen LogP contribution in [0.15, 0.2) is 60.7 Å². The number of nitrogens with one attached hydrogen (secondary N) is 2. The molecule has 0 unspecified atom stereocenters. The van der Waals surface area contributed by atoms with E-state index >= 15 is 0 Å². The van der Waals surface area contributed by atoms with Crippen LogP contribution in [0.25, 0.3) is 0 Å². The average molecular weight is 403 g/mol. The second kappa shape index (κ2) is 7.79. The van der Waals surface area contributed by atoms with Gasteiger partial charge in [-0.05, 0) is 67.1 Å². The van der Waals surface area contributed by atoms with Crippen molar-refractivity contribution in [2.75, 3.05) is 29.7 Å². The minimum Gasteiger partial charge on any atom is -0.497 e. The van der Waals surface area contributed by atoms with Gasteiger partial charge >= 0.3 is 6.03 Å². The fraction of sp³-hybridized carbons (Fsp3) is 0.130. The highest BCUT2D eigenvalue weighted by Crippen LogP contribution is 2.39. The molecule has 3 aromatic rings. The number of methoxy groups -OCH3 is 1. The Balaban J connectivity index is 1.54. The molecule has 0 aromatic heterocycles. The standard InChI is InChI=1S/C23H21N3O4/c1-14-4-10-21-19(12-14)26(2)22(27)18-13-16(7-11-20(18)30-21)25-23(28)24-15-5-8-17(29-3)9-6-15/h4-13H,1-3H3,(H2,24,25,28). The first-order valence-corrected chi connectivity index (χ1v) is 9.37. The highest BCUT2D eigenvalue weighted by molar-refractivity contribution is 6.10. The lowest BCUT2D eigenvalue weighted by molar-refractivity contribution is 0.0993. The summed E-state index contributed by atoms with van der Waals surface area (Å²) in [5.74, 6) is 1.53. The first kappa shape index (κ1) is 19.3. The lowest BCUT2D eigenvalue weighted by atomic mass is 10.1. The van der Waals surface area contributed by atoms with Crippen molar-refractivity contribution in [2.24, 2.45) is 0 Å². The van der Waals surface area contributed by atoms with Crippen LogP contribution in [-0.2, 0) is 0 Å². The molecular formula is C23H21N3O4. The Morgan fingerprint density at radius 2 is 1.60 bits per heavy atom. The zero-order valence-corrected chi connectivity index (χ0v) is 16.9. The van der Waals surface area contributed by atoms with E-state index in [1.165, 1.54) is 0 Å². The van der Waals surface area contributed by atoms with E-state index < -0.39 is 6.03 Å². The summed E-state index contributed by atoms with van der Waals surface area (Å²) < 4.78 is 11.1. The molecule has 7 nitrogen and oxygen atoms in total. The Hall–Kier alpha value is -4.00. The Kier molecular flexibility index (Phi) is 5.02. The third kappa shape index (κ3) is 3.77. The minimum atomic E-state index is -0.422. The van der Waals surface area contributed by atoms with Crippen LogP contribution in [0.1, 0.15) is 15.9 Å². The topological polar surface area (TPSA) is 79.9 Å². The van der Waals surface area contributed by atoms with Gasteiger partial charge in [0.15, 0.2) is 5.75 Å². The Bertz CT molecular complexity index is 1130. The molecule has 1 aliphatic rings. The maximum absolute atomic E-state index is 13.0. The third-order valence-corrected chi connectivity index (χ3v) is 4.82. The number of aryl methyl sites for hydroxylation is 1. The second-order valence-corrected chi connectivity index (χ2v) is 6.96. The van der Waals surface area contributed by atoms with Crippen LogP contribution >= 0.6 is 0 Å². The van der Waals surface area contributed by atoms with E-state index in [1.807, 2.05) is 25.1 Å². The molecule has 30 heavy (non-hydrogen) atoms. The molecular weight excluding hydrogens is 382 g/mol. The zero-order chi connectivity index (χ0) is 21.3. The summed E-state index contributed by atoms with van der Waals surface area (Å²) in [6.07, 6.45) is 0. The van der Waals surface area contributed by atoms with Crippen LogP contribution in [-0.4, -0.2) is 26.1 Å². The van der Waals surface area contributed by atoms with Crippen molar-refractivity contribution in [3.05, 3.63) is 71.8 Å². The van der Waals surface area contributed by atoms with E-state index in [1.54, 1.807) is 61.5 Å². The molecule has 0 atom stereocenters. The van der Waals surface area contributed by atoms with E-state index in [2.05, 4.69) is 10.6 Å². The molecule has 0 bridgehead atoms. The fourth-order valence-electron chi connectivity index (χ4n) is 3.22. The first-order chi connectivity index (χ1) is 14.4. The molecule has 0 fully saturated rings. The molecule has 1 aliphatic heterocycles. The van der Waals surface area contributed by atoms with Gasteiger partial charge in [0.05, 0.1) is 18.4 Å². The number of urea groups is 1. The number of anilines is 3. The maximum Gasteiger partial charge on any atom is 0.323 e. The lowest BCUT2D eigenvalue weighted by Crippen LogP contribution is -2.25. The molecule has 0 aliphatic carbocycles. The van der Waals surface area contributed by atoms with Gasteiger partial charge in [-0.2, -0.15) is 0 Å². The predicted molar refractivity (Wildman–Crippen MR) is 116 cm³/mol. The van der Waals surface area contributed by atoms with Gasteiger partial charge in [-0.1, -0.05) is 6.07 Å². The summed E-state index contributed by atoms with van der Waals surface area (Å²) in [6.45, 7) is 1.96. The molecule has 0 spiro atoms. The number of carbonyl (C=O) groups is 2. The lowest BCUT2D eigenvalue weighted by Gasteiger charge is -2.16. The number of amides is 3. The van der Waals surface area contributed by atoms with Gasteiger partial charge in [0.1, 0.15) is 11.5 Å². The van der Waals surface area contributed by atoms with E-state index in [9.17, 15) is 9.59 Å². The van der Waals surface area contributed by atoms with Gasteiger partial charge in [0.2, 0.25) is 0 Å². The molecule has 3 amide bonds. The molecule has 0 saturated carbocycles. The van der Waals surface area contributed by atoms with Gasteiger partial charge in [-0.15, -0.1) is 0 Å². The van der Waals surface area contributed by atoms with Crippen LogP contribution in [0.4, 0.5) is 21.9 Å². The normalized spacial score (nSPS) is 12.2. The molecule has 0 saturated heterocycles. The van der Waals surface area contributed by atoms with E-state index in [-0.39, 0.29) is 5.91 Å². The van der Waals surface area contributed by atoms with Crippen molar-refractivity contribution in [3.8, 4) is 17.2 Å². The summed E-state index contributed by atoms with van der Waals surface area (Å²) in [5, 5.41) is 5.49. The number of fused-ring (bicyclic) bond motifs is 2. The van der Waals surface area contributed by atoms with Crippen molar-refractivity contribution in [1.82, 2.24) is 0 Å². The van der Waals surface area contributed by atoms with Crippen LogP contribution in [0.2, 0.25) is 0 Å². The summed E-state index contributed by atoms with van der Waals surface area (Å²) in [7, 11) is 3.28. The molecule has 152 valence electrons. The Morgan fingerprint density at radius 1 is 0.933 bits per heavy atom. The molecule has 7 heteroatoms. The SMILES string of the molecule is COc1ccc(NC(=O)Nc2ccc3c(c2)C(=O)N(C)c2cc(C)ccc2O3)cc1. The second-order valence-electron chi connectivity index (χ2n) is 6.96. The predicted octanol–water partition coefficient (Wildman–Crippen LogP) is 5.03. The number of benzene rings is 3. The summed E-state index contributed by atoms with van der Waals surface area (Å²) >= 11 is 0. The zero-order valence-electron chi connectivity index (χ0n) is 16.9. The molecule has 3 aromatic carbocycles. The number of hydrogen-bond donors (Lipinski definition) is 2. The fourth-order valence-corrected chi connectivity index (χ4v) is 3.22. The Labute approximate surface area is 174 Å².